The third-order valence-electron chi connectivity index (χ3n) is 3.78. The van der Waals surface area contributed by atoms with Crippen LogP contribution in [0.25, 0.3) is 0 Å². The van der Waals surface area contributed by atoms with Gasteiger partial charge in [-0.1, -0.05) is 17.2 Å². The van der Waals surface area contributed by atoms with Crippen molar-refractivity contribution in [3.63, 3.8) is 0 Å². The molecule has 0 fully saturated rings. The topological polar surface area (TPSA) is 129 Å². The van der Waals surface area contributed by atoms with Crippen molar-refractivity contribution in [1.82, 2.24) is 15.0 Å². The zero-order valence-corrected chi connectivity index (χ0v) is 13.1. The standard InChI is InChI=1S/C16H13N3O6/c1-8-9(13(21)18-16(24)17-8)6-7-12(20)25-19-14(22)10-4-2-3-5-11(10)15(19)23/h2-5H,6-7H2,1H3,(H2,17,18,21,24). The zero-order chi connectivity index (χ0) is 18.1. The number of hydrogen-bond acceptors (Lipinski definition) is 6. The Bertz CT molecular complexity index is 968. The Hall–Kier alpha value is -3.49. The smallest absolute Gasteiger partial charge is 0.330 e. The zero-order valence-electron chi connectivity index (χ0n) is 13.1. The van der Waals surface area contributed by atoms with Gasteiger partial charge in [0.2, 0.25) is 0 Å². The Morgan fingerprint density at radius 2 is 1.64 bits per heavy atom. The Balaban J connectivity index is 1.69. The lowest BCUT2D eigenvalue weighted by atomic mass is 10.1. The number of carbonyl (C=O) groups excluding carboxylic acids is 3. The largest absolute Gasteiger partial charge is 0.333 e. The number of aromatic nitrogens is 2. The number of H-pyrrole nitrogens is 2. The fraction of sp³-hybridized carbons (Fsp3) is 0.188. The number of nitrogens with one attached hydrogen (secondary N) is 2. The molecule has 2 N–H and O–H groups in total. The average Bonchev–Trinajstić information content (AvgIpc) is 2.79. The molecular formula is C16H13N3O6. The second-order valence-electron chi connectivity index (χ2n) is 5.43. The Morgan fingerprint density at radius 3 is 2.20 bits per heavy atom. The lowest BCUT2D eigenvalue weighted by Crippen LogP contribution is -2.33. The van der Waals surface area contributed by atoms with E-state index in [2.05, 4.69) is 9.97 Å². The molecule has 0 aliphatic carbocycles. The fourth-order valence-electron chi connectivity index (χ4n) is 2.55. The van der Waals surface area contributed by atoms with Crippen molar-refractivity contribution in [3.8, 4) is 0 Å². The van der Waals surface area contributed by atoms with E-state index in [1.807, 2.05) is 0 Å². The number of rotatable bonds is 4. The van der Waals surface area contributed by atoms with Gasteiger partial charge in [0.15, 0.2) is 0 Å². The maximum absolute atomic E-state index is 12.1. The molecule has 0 saturated heterocycles. The second-order valence-corrected chi connectivity index (χ2v) is 5.43. The van der Waals surface area contributed by atoms with Crippen molar-refractivity contribution in [2.24, 2.45) is 0 Å². The molecule has 0 bridgehead atoms. The molecule has 9 heteroatoms. The number of hydrogen-bond donors (Lipinski definition) is 2. The lowest BCUT2D eigenvalue weighted by molar-refractivity contribution is -0.168. The minimum atomic E-state index is -0.848. The summed E-state index contributed by atoms with van der Waals surface area (Å²) in [6, 6.07) is 6.13. The molecule has 2 aromatic rings. The molecule has 2 heterocycles. The molecular weight excluding hydrogens is 330 g/mol. The first-order valence-corrected chi connectivity index (χ1v) is 7.39. The van der Waals surface area contributed by atoms with Crippen LogP contribution in [0.3, 0.4) is 0 Å². The normalized spacial score (nSPS) is 13.1. The molecule has 1 aromatic carbocycles. The fourth-order valence-corrected chi connectivity index (χ4v) is 2.55. The van der Waals surface area contributed by atoms with E-state index >= 15 is 0 Å². The predicted molar refractivity (Wildman–Crippen MR) is 83.8 cm³/mol. The number of benzene rings is 1. The highest BCUT2D eigenvalue weighted by molar-refractivity contribution is 6.20. The molecule has 1 aliphatic heterocycles. The van der Waals surface area contributed by atoms with Gasteiger partial charge in [0.05, 0.1) is 17.5 Å². The summed E-state index contributed by atoms with van der Waals surface area (Å²) >= 11 is 0. The molecule has 0 unspecified atom stereocenters. The number of fused-ring (bicyclic) bond motifs is 1. The number of nitrogens with zero attached hydrogens (tertiary/aromatic N) is 1. The van der Waals surface area contributed by atoms with Crippen LogP contribution in [-0.4, -0.2) is 32.8 Å². The number of hydroxylamine groups is 2. The number of aromatic amines is 2. The van der Waals surface area contributed by atoms with E-state index in [4.69, 9.17) is 4.84 Å². The second kappa shape index (κ2) is 6.19. The van der Waals surface area contributed by atoms with Crippen LogP contribution in [0.15, 0.2) is 33.9 Å². The maximum Gasteiger partial charge on any atom is 0.333 e. The minimum Gasteiger partial charge on any atom is -0.330 e. The van der Waals surface area contributed by atoms with Crippen molar-refractivity contribution >= 4 is 17.8 Å². The number of amides is 2. The molecule has 0 atom stereocenters. The SMILES string of the molecule is Cc1[nH]c(=O)[nH]c(=O)c1CCC(=O)ON1C(=O)c2ccccc2C1=O. The summed E-state index contributed by atoms with van der Waals surface area (Å²) < 4.78 is 0. The highest BCUT2D eigenvalue weighted by atomic mass is 16.7. The van der Waals surface area contributed by atoms with Crippen LogP contribution in [0.4, 0.5) is 0 Å². The van der Waals surface area contributed by atoms with Crippen LogP contribution in [0.5, 0.6) is 0 Å². The van der Waals surface area contributed by atoms with Crippen LogP contribution in [0.2, 0.25) is 0 Å². The number of aryl methyl sites for hydroxylation is 1. The minimum absolute atomic E-state index is 0.0139. The number of imide groups is 1. The van der Waals surface area contributed by atoms with E-state index in [0.717, 1.165) is 0 Å². The Morgan fingerprint density at radius 1 is 1.04 bits per heavy atom. The Labute approximate surface area is 140 Å². The van der Waals surface area contributed by atoms with Gasteiger partial charge in [-0.15, -0.1) is 0 Å². The van der Waals surface area contributed by atoms with Crippen molar-refractivity contribution in [1.29, 1.82) is 0 Å². The van der Waals surface area contributed by atoms with Gasteiger partial charge >= 0.3 is 11.7 Å². The average molecular weight is 343 g/mol. The van der Waals surface area contributed by atoms with Crippen molar-refractivity contribution in [3.05, 3.63) is 67.5 Å². The van der Waals surface area contributed by atoms with Crippen LogP contribution in [0, 0.1) is 6.92 Å². The van der Waals surface area contributed by atoms with Gasteiger partial charge in [0.1, 0.15) is 0 Å². The van der Waals surface area contributed by atoms with E-state index in [0.29, 0.717) is 10.8 Å². The van der Waals surface area contributed by atoms with Crippen molar-refractivity contribution < 1.29 is 19.2 Å². The van der Waals surface area contributed by atoms with Gasteiger partial charge < -0.3 is 9.82 Å². The molecule has 1 aliphatic rings. The van der Waals surface area contributed by atoms with E-state index < -0.39 is 29.0 Å². The van der Waals surface area contributed by atoms with Crippen molar-refractivity contribution in [2.45, 2.75) is 19.8 Å². The first-order valence-electron chi connectivity index (χ1n) is 7.39. The van der Waals surface area contributed by atoms with Crippen LogP contribution >= 0.6 is 0 Å². The predicted octanol–water partition coefficient (Wildman–Crippen LogP) is 0.0586. The maximum atomic E-state index is 12.1. The van der Waals surface area contributed by atoms with Gasteiger partial charge in [0, 0.05) is 11.3 Å². The first kappa shape index (κ1) is 16.4. The molecule has 128 valence electrons. The van der Waals surface area contributed by atoms with Crippen LogP contribution < -0.4 is 11.2 Å². The third kappa shape index (κ3) is 2.99. The summed E-state index contributed by atoms with van der Waals surface area (Å²) in [7, 11) is 0. The summed E-state index contributed by atoms with van der Waals surface area (Å²) in [6.45, 7) is 1.53. The molecule has 3 rings (SSSR count). The van der Waals surface area contributed by atoms with Crippen LogP contribution in [0.1, 0.15) is 38.4 Å². The van der Waals surface area contributed by atoms with Gasteiger partial charge in [-0.2, -0.15) is 0 Å². The van der Waals surface area contributed by atoms with Gasteiger partial charge in [-0.3, -0.25) is 19.4 Å². The van der Waals surface area contributed by atoms with Crippen molar-refractivity contribution in [2.75, 3.05) is 0 Å². The van der Waals surface area contributed by atoms with Gasteiger partial charge in [0.25, 0.3) is 17.4 Å². The summed E-state index contributed by atoms with van der Waals surface area (Å²) in [4.78, 5) is 68.3. The highest BCUT2D eigenvalue weighted by Gasteiger charge is 2.38. The third-order valence-corrected chi connectivity index (χ3v) is 3.78. The quantitative estimate of drug-likeness (QED) is 0.755. The van der Waals surface area contributed by atoms with E-state index in [-0.39, 0.29) is 29.5 Å². The molecule has 0 radical (unpaired) electrons. The molecule has 2 amide bonds. The summed E-state index contributed by atoms with van der Waals surface area (Å²) in [6.07, 6.45) is -0.261. The van der Waals surface area contributed by atoms with Gasteiger partial charge in [-0.25, -0.2) is 9.59 Å². The molecule has 0 spiro atoms. The monoisotopic (exact) mass is 343 g/mol. The summed E-state index contributed by atoms with van der Waals surface area (Å²) in [5.74, 6) is -2.28. The van der Waals surface area contributed by atoms with E-state index in [1.54, 1.807) is 12.1 Å². The van der Waals surface area contributed by atoms with E-state index in [9.17, 15) is 24.0 Å². The first-order chi connectivity index (χ1) is 11.9. The molecule has 0 saturated carbocycles. The Kier molecular flexibility index (Phi) is 4.05. The summed E-state index contributed by atoms with van der Waals surface area (Å²) in [5, 5.41) is 0.414. The highest BCUT2D eigenvalue weighted by Crippen LogP contribution is 2.22. The molecule has 1 aromatic heterocycles. The van der Waals surface area contributed by atoms with Crippen LogP contribution in [-0.2, 0) is 16.1 Å². The lowest BCUT2D eigenvalue weighted by Gasteiger charge is -2.12. The van der Waals surface area contributed by atoms with Gasteiger partial charge in [-0.05, 0) is 25.5 Å². The van der Waals surface area contributed by atoms with E-state index in [1.165, 1.54) is 19.1 Å². The molecule has 9 nitrogen and oxygen atoms in total. The molecule has 25 heavy (non-hydrogen) atoms. The number of carbonyl (C=O) groups is 3. The summed E-state index contributed by atoms with van der Waals surface area (Å²) in [5.41, 5.74) is -0.364.